The van der Waals surface area contributed by atoms with Crippen molar-refractivity contribution in [3.05, 3.63) is 101 Å². The molecule has 1 fully saturated rings. The van der Waals surface area contributed by atoms with E-state index >= 15 is 0 Å². The van der Waals surface area contributed by atoms with Gasteiger partial charge in [-0.25, -0.2) is 14.6 Å². The number of aromatic amines is 1. The normalized spacial score (nSPS) is 18.4. The predicted molar refractivity (Wildman–Crippen MR) is 153 cm³/mol. The zero-order valence-electron chi connectivity index (χ0n) is 21.8. The molecule has 3 heterocycles. The van der Waals surface area contributed by atoms with Gasteiger partial charge in [-0.15, -0.1) is 0 Å². The number of fused-ring (bicyclic) bond motifs is 2. The van der Waals surface area contributed by atoms with Gasteiger partial charge in [0.25, 0.3) is 0 Å². The van der Waals surface area contributed by atoms with Crippen LogP contribution in [0.5, 0.6) is 0 Å². The highest BCUT2D eigenvalue weighted by Gasteiger charge is 2.49. The van der Waals surface area contributed by atoms with Crippen molar-refractivity contribution >= 4 is 41.1 Å². The van der Waals surface area contributed by atoms with Crippen molar-refractivity contribution in [2.75, 3.05) is 23.7 Å². The molecule has 1 aromatic heterocycles. The molecule has 2 unspecified atom stereocenters. The minimum Gasteiger partial charge on any atom is -0.465 e. The zero-order chi connectivity index (χ0) is 28.6. The average molecular weight is 572 g/mol. The topological polar surface area (TPSA) is 137 Å². The van der Waals surface area contributed by atoms with Crippen LogP contribution < -0.4 is 10.6 Å². The number of H-pyrrole nitrogens is 1. The molecule has 4 N–H and O–H groups in total. The van der Waals surface area contributed by atoms with Crippen LogP contribution in [-0.4, -0.2) is 51.2 Å². The lowest BCUT2D eigenvalue weighted by molar-refractivity contribution is -0.133. The second-order valence-electron chi connectivity index (χ2n) is 10.1. The number of nitrogens with one attached hydrogen (secondary N) is 3. The summed E-state index contributed by atoms with van der Waals surface area (Å²) < 4.78 is 5.83. The van der Waals surface area contributed by atoms with E-state index in [1.165, 1.54) is 0 Å². The van der Waals surface area contributed by atoms with E-state index in [1.54, 1.807) is 53.6 Å². The fourth-order valence-electron chi connectivity index (χ4n) is 5.53. The van der Waals surface area contributed by atoms with Gasteiger partial charge in [-0.3, -0.25) is 15.4 Å². The van der Waals surface area contributed by atoms with E-state index in [9.17, 15) is 14.4 Å². The Morgan fingerprint density at radius 1 is 1.12 bits per heavy atom. The number of carbonyl (C=O) groups is 3. The number of hydrogen-bond donors (Lipinski definition) is 4. The molecule has 3 amide bonds. The summed E-state index contributed by atoms with van der Waals surface area (Å²) in [5.74, 6) is -0.246. The number of rotatable bonds is 6. The molecule has 0 bridgehead atoms. The number of amides is 3. The Labute approximate surface area is 240 Å². The second-order valence-corrected chi connectivity index (χ2v) is 10.6. The highest BCUT2D eigenvalue weighted by atomic mass is 35.5. The molecule has 2 aliphatic rings. The maximum Gasteiger partial charge on any atom is 0.412 e. The lowest BCUT2D eigenvalue weighted by Crippen LogP contribution is -2.43. The molecule has 10 nitrogen and oxygen atoms in total. The minimum absolute atomic E-state index is 0.134. The van der Waals surface area contributed by atoms with Crippen LogP contribution in [0.25, 0.3) is 11.3 Å². The van der Waals surface area contributed by atoms with E-state index in [0.717, 1.165) is 16.7 Å². The van der Waals surface area contributed by atoms with Gasteiger partial charge in [-0.1, -0.05) is 54.1 Å². The fourth-order valence-corrected chi connectivity index (χ4v) is 5.70. The Morgan fingerprint density at radius 3 is 2.66 bits per heavy atom. The lowest BCUT2D eigenvalue weighted by Gasteiger charge is -2.35. The first-order valence-electron chi connectivity index (χ1n) is 13.1. The van der Waals surface area contributed by atoms with Gasteiger partial charge in [0.15, 0.2) is 5.60 Å². The molecule has 0 radical (unpaired) electrons. The summed E-state index contributed by atoms with van der Waals surface area (Å²) in [4.78, 5) is 47.1. The van der Waals surface area contributed by atoms with E-state index in [-0.39, 0.29) is 12.5 Å². The number of ether oxygens (including phenoxy) is 1. The quantitative estimate of drug-likeness (QED) is 0.230. The monoisotopic (exact) mass is 571 g/mol. The molecule has 1 saturated heterocycles. The highest BCUT2D eigenvalue weighted by molar-refractivity contribution is 6.30. The van der Waals surface area contributed by atoms with Crippen LogP contribution in [0.1, 0.15) is 29.3 Å². The average Bonchev–Trinajstić information content (AvgIpc) is 3.61. The van der Waals surface area contributed by atoms with E-state index in [1.807, 2.05) is 30.3 Å². The number of carbonyl (C=O) groups excluding carboxylic acids is 2. The van der Waals surface area contributed by atoms with Gasteiger partial charge in [0.1, 0.15) is 11.7 Å². The number of hydrogen-bond acceptors (Lipinski definition) is 5. The maximum absolute atomic E-state index is 14.1. The van der Waals surface area contributed by atoms with Crippen molar-refractivity contribution in [1.29, 1.82) is 0 Å². The third-order valence-corrected chi connectivity index (χ3v) is 7.73. The van der Waals surface area contributed by atoms with Gasteiger partial charge in [-0.05, 0) is 47.9 Å². The Bertz CT molecular complexity index is 1620. The molecule has 1 spiro atoms. The summed E-state index contributed by atoms with van der Waals surface area (Å²) in [5.41, 5.74) is 3.30. The van der Waals surface area contributed by atoms with Crippen LogP contribution >= 0.6 is 11.6 Å². The van der Waals surface area contributed by atoms with Crippen molar-refractivity contribution in [3.8, 4) is 11.3 Å². The van der Waals surface area contributed by atoms with Crippen molar-refractivity contribution in [2.45, 2.75) is 24.4 Å². The molecule has 2 atom stereocenters. The molecule has 41 heavy (non-hydrogen) atoms. The van der Waals surface area contributed by atoms with Gasteiger partial charge in [0, 0.05) is 29.2 Å². The molecule has 2 aliphatic heterocycles. The molecular weight excluding hydrogens is 546 g/mol. The van der Waals surface area contributed by atoms with Gasteiger partial charge in [0.2, 0.25) is 5.91 Å². The fraction of sp³-hybridized carbons (Fsp3) is 0.200. The van der Waals surface area contributed by atoms with Gasteiger partial charge >= 0.3 is 12.2 Å². The summed E-state index contributed by atoms with van der Waals surface area (Å²) >= 11 is 6.29. The third kappa shape index (κ3) is 5.33. The number of benzene rings is 3. The molecule has 11 heteroatoms. The Morgan fingerprint density at radius 2 is 1.90 bits per heavy atom. The zero-order valence-corrected chi connectivity index (χ0v) is 22.5. The van der Waals surface area contributed by atoms with Gasteiger partial charge in [-0.2, -0.15) is 0 Å². The first-order valence-corrected chi connectivity index (χ1v) is 13.5. The molecule has 208 valence electrons. The van der Waals surface area contributed by atoms with Crippen molar-refractivity contribution < 1.29 is 24.2 Å². The van der Waals surface area contributed by atoms with Crippen LogP contribution in [0, 0.1) is 0 Å². The molecule has 4 aromatic rings. The van der Waals surface area contributed by atoms with Crippen molar-refractivity contribution in [1.82, 2.24) is 14.9 Å². The SMILES string of the molecule is O=C(O)Nc1ccc(-c2cnc(C(Cc3ccccc3)C(=O)N3CCC4(C3)OC(=O)Nc3ccc(Cl)cc34)[nH]2)cc1. The Hall–Kier alpha value is -4.83. The van der Waals surface area contributed by atoms with E-state index < -0.39 is 23.7 Å². The van der Waals surface area contributed by atoms with E-state index in [4.69, 9.17) is 21.4 Å². The summed E-state index contributed by atoms with van der Waals surface area (Å²) in [6.45, 7) is 0.596. The largest absolute Gasteiger partial charge is 0.465 e. The maximum atomic E-state index is 14.1. The minimum atomic E-state index is -1.14. The van der Waals surface area contributed by atoms with Crippen LogP contribution in [0.4, 0.5) is 21.0 Å². The van der Waals surface area contributed by atoms with Gasteiger partial charge in [0.05, 0.1) is 24.1 Å². The summed E-state index contributed by atoms with van der Waals surface area (Å²) in [5, 5.41) is 14.5. The molecule has 0 saturated carbocycles. The first kappa shape index (κ1) is 26.4. The van der Waals surface area contributed by atoms with Crippen LogP contribution in [0.2, 0.25) is 5.02 Å². The summed E-state index contributed by atoms with van der Waals surface area (Å²) in [6.07, 6.45) is 0.825. The van der Waals surface area contributed by atoms with Crippen LogP contribution in [-0.2, 0) is 21.6 Å². The number of imidazole rings is 1. The first-order chi connectivity index (χ1) is 19.8. The number of aromatic nitrogens is 2. The molecular formula is C30H26ClN5O5. The third-order valence-electron chi connectivity index (χ3n) is 7.49. The standard InChI is InChI=1S/C30H26ClN5O5/c31-20-8-11-24-23(15-20)30(41-29(40)35-24)12-13-36(17-30)27(37)22(14-18-4-2-1-3-5-18)26-32-16-25(34-26)19-6-9-21(10-7-19)33-28(38)39/h1-11,15-16,22,33H,12-14,17H2,(H,32,34)(H,35,40)(H,38,39). The van der Waals surface area contributed by atoms with Crippen molar-refractivity contribution in [2.24, 2.45) is 0 Å². The number of likely N-dealkylation sites (tertiary alicyclic amines) is 1. The Balaban J connectivity index is 1.29. The molecule has 6 rings (SSSR count). The number of nitrogens with zero attached hydrogens (tertiary/aromatic N) is 2. The smallest absolute Gasteiger partial charge is 0.412 e. The second kappa shape index (κ2) is 10.6. The number of halogens is 1. The number of anilines is 2. The summed E-state index contributed by atoms with van der Waals surface area (Å²) in [7, 11) is 0. The van der Waals surface area contributed by atoms with E-state index in [2.05, 4.69) is 20.6 Å². The van der Waals surface area contributed by atoms with Crippen LogP contribution in [0.3, 0.4) is 0 Å². The highest BCUT2D eigenvalue weighted by Crippen LogP contribution is 2.44. The molecule has 3 aromatic carbocycles. The number of carboxylic acid groups (broad SMARTS) is 1. The van der Waals surface area contributed by atoms with E-state index in [0.29, 0.717) is 47.3 Å². The van der Waals surface area contributed by atoms with Gasteiger partial charge < -0.3 is 19.7 Å². The Kier molecular flexibility index (Phi) is 6.84. The van der Waals surface area contributed by atoms with Crippen LogP contribution in [0.15, 0.2) is 79.0 Å². The lowest BCUT2D eigenvalue weighted by atomic mass is 9.90. The van der Waals surface area contributed by atoms with Crippen molar-refractivity contribution in [3.63, 3.8) is 0 Å². The predicted octanol–water partition coefficient (Wildman–Crippen LogP) is 5.84. The molecule has 0 aliphatic carbocycles. The summed E-state index contributed by atoms with van der Waals surface area (Å²) in [6, 6.07) is 21.8.